The molecule has 0 radical (unpaired) electrons. The molecule has 2 heteroatoms. The first kappa shape index (κ1) is 16.0. The van der Waals surface area contributed by atoms with Crippen molar-refractivity contribution in [2.75, 3.05) is 26.2 Å². The topological polar surface area (TPSA) is 15.3 Å². The monoisotopic (exact) mass is 254 g/mol. The number of nitrogens with one attached hydrogen (secondary N) is 1. The van der Waals surface area contributed by atoms with Crippen LogP contribution < -0.4 is 5.32 Å². The zero-order valence-electron chi connectivity index (χ0n) is 13.3. The molecule has 0 spiro atoms. The van der Waals surface area contributed by atoms with Gasteiger partial charge in [0.2, 0.25) is 0 Å². The number of rotatable bonds is 7. The predicted molar refractivity (Wildman–Crippen MR) is 81.0 cm³/mol. The molecule has 0 aromatic heterocycles. The number of piperidine rings is 1. The molecule has 1 heterocycles. The van der Waals surface area contributed by atoms with Crippen LogP contribution in [0.25, 0.3) is 0 Å². The first-order valence-electron chi connectivity index (χ1n) is 8.01. The quantitative estimate of drug-likeness (QED) is 0.748. The van der Waals surface area contributed by atoms with Gasteiger partial charge in [-0.25, -0.2) is 0 Å². The van der Waals surface area contributed by atoms with E-state index in [1.54, 1.807) is 0 Å². The van der Waals surface area contributed by atoms with E-state index in [1.165, 1.54) is 45.3 Å². The highest BCUT2D eigenvalue weighted by molar-refractivity contribution is 4.87. The summed E-state index contributed by atoms with van der Waals surface area (Å²) in [6.07, 6.45) is 5.37. The normalized spacial score (nSPS) is 26.5. The van der Waals surface area contributed by atoms with Gasteiger partial charge in [0.1, 0.15) is 0 Å². The molecule has 1 aliphatic rings. The van der Waals surface area contributed by atoms with Crippen molar-refractivity contribution in [3.05, 3.63) is 0 Å². The van der Waals surface area contributed by atoms with Gasteiger partial charge in [0.15, 0.2) is 0 Å². The molecule has 2 nitrogen and oxygen atoms in total. The lowest BCUT2D eigenvalue weighted by molar-refractivity contribution is 0.0608. The summed E-state index contributed by atoms with van der Waals surface area (Å²) < 4.78 is 0. The first-order chi connectivity index (χ1) is 8.56. The third-order valence-electron chi connectivity index (χ3n) is 5.04. The Morgan fingerprint density at radius 2 is 1.78 bits per heavy atom. The maximum absolute atomic E-state index is 3.58. The van der Waals surface area contributed by atoms with Gasteiger partial charge in [-0.2, -0.15) is 0 Å². The third-order valence-corrected chi connectivity index (χ3v) is 5.04. The van der Waals surface area contributed by atoms with Crippen LogP contribution >= 0.6 is 0 Å². The molecule has 0 aromatic carbocycles. The Hall–Kier alpha value is -0.0800. The minimum atomic E-state index is 0.474. The molecule has 1 N–H and O–H groups in total. The molecule has 108 valence electrons. The van der Waals surface area contributed by atoms with Crippen LogP contribution in [0.4, 0.5) is 0 Å². The van der Waals surface area contributed by atoms with E-state index in [2.05, 4.69) is 44.8 Å². The minimum absolute atomic E-state index is 0.474. The molecule has 0 aromatic rings. The van der Waals surface area contributed by atoms with E-state index in [-0.39, 0.29) is 0 Å². The van der Waals surface area contributed by atoms with E-state index < -0.39 is 0 Å². The van der Waals surface area contributed by atoms with Crippen LogP contribution in [0.3, 0.4) is 0 Å². The van der Waals surface area contributed by atoms with Gasteiger partial charge in [-0.15, -0.1) is 0 Å². The Labute approximate surface area is 115 Å². The molecule has 18 heavy (non-hydrogen) atoms. The summed E-state index contributed by atoms with van der Waals surface area (Å²) in [5.41, 5.74) is 0.474. The molecule has 1 aliphatic heterocycles. The van der Waals surface area contributed by atoms with Crippen molar-refractivity contribution in [3.8, 4) is 0 Å². The highest BCUT2D eigenvalue weighted by Crippen LogP contribution is 2.31. The van der Waals surface area contributed by atoms with E-state index in [0.29, 0.717) is 5.41 Å². The molecule has 0 saturated carbocycles. The first-order valence-corrected chi connectivity index (χ1v) is 8.01. The van der Waals surface area contributed by atoms with E-state index in [9.17, 15) is 0 Å². The highest BCUT2D eigenvalue weighted by Gasteiger charge is 2.32. The molecular weight excluding hydrogens is 220 g/mol. The van der Waals surface area contributed by atoms with Gasteiger partial charge < -0.3 is 5.32 Å². The zero-order chi connectivity index (χ0) is 13.6. The molecule has 0 amide bonds. The summed E-state index contributed by atoms with van der Waals surface area (Å²) in [5.74, 6) is 0.881. The Morgan fingerprint density at radius 3 is 2.33 bits per heavy atom. The molecule has 1 rings (SSSR count). The molecule has 2 unspecified atom stereocenters. The lowest BCUT2D eigenvalue weighted by atomic mass is 9.80. The van der Waals surface area contributed by atoms with Crippen LogP contribution in [0.5, 0.6) is 0 Å². The van der Waals surface area contributed by atoms with Crippen molar-refractivity contribution in [1.82, 2.24) is 10.2 Å². The van der Waals surface area contributed by atoms with Gasteiger partial charge in [0.05, 0.1) is 0 Å². The Kier molecular flexibility index (Phi) is 6.65. The van der Waals surface area contributed by atoms with Crippen molar-refractivity contribution < 1.29 is 0 Å². The van der Waals surface area contributed by atoms with Crippen LogP contribution in [-0.4, -0.2) is 37.1 Å². The SMILES string of the molecule is CCNCC(CC)(CC)CN1CC(C)CCC1C. The maximum atomic E-state index is 3.58. The lowest BCUT2D eigenvalue weighted by Crippen LogP contribution is -2.49. The predicted octanol–water partition coefficient (Wildman–Crippen LogP) is 3.52. The fourth-order valence-electron chi connectivity index (χ4n) is 3.20. The third kappa shape index (κ3) is 4.24. The van der Waals surface area contributed by atoms with Crippen LogP contribution in [0.15, 0.2) is 0 Å². The second kappa shape index (κ2) is 7.49. The van der Waals surface area contributed by atoms with Crippen molar-refractivity contribution in [3.63, 3.8) is 0 Å². The Balaban J connectivity index is 2.63. The second-order valence-corrected chi connectivity index (χ2v) is 6.45. The summed E-state index contributed by atoms with van der Waals surface area (Å²) in [5, 5.41) is 3.58. The van der Waals surface area contributed by atoms with Crippen molar-refractivity contribution >= 4 is 0 Å². The number of nitrogens with zero attached hydrogens (tertiary/aromatic N) is 1. The summed E-state index contributed by atoms with van der Waals surface area (Å²) in [7, 11) is 0. The van der Waals surface area contributed by atoms with Gasteiger partial charge in [0.25, 0.3) is 0 Å². The molecule has 0 aliphatic carbocycles. The number of hydrogen-bond donors (Lipinski definition) is 1. The Bertz CT molecular complexity index is 223. The summed E-state index contributed by atoms with van der Waals surface area (Å²) in [4.78, 5) is 2.75. The fraction of sp³-hybridized carbons (Fsp3) is 1.00. The standard InChI is InChI=1S/C16H34N2/c1-6-16(7-2,12-17-8-3)13-18-11-14(4)9-10-15(18)5/h14-15,17H,6-13H2,1-5H3. The second-order valence-electron chi connectivity index (χ2n) is 6.45. The van der Waals surface area contributed by atoms with Gasteiger partial charge in [-0.1, -0.05) is 27.7 Å². The average molecular weight is 254 g/mol. The van der Waals surface area contributed by atoms with E-state index >= 15 is 0 Å². The molecule has 1 saturated heterocycles. The summed E-state index contributed by atoms with van der Waals surface area (Å²) >= 11 is 0. The van der Waals surface area contributed by atoms with Crippen molar-refractivity contribution in [1.29, 1.82) is 0 Å². The van der Waals surface area contributed by atoms with Crippen LogP contribution in [0.1, 0.15) is 60.3 Å². The van der Waals surface area contributed by atoms with Gasteiger partial charge >= 0.3 is 0 Å². The van der Waals surface area contributed by atoms with Crippen LogP contribution in [0, 0.1) is 11.3 Å². The number of likely N-dealkylation sites (tertiary alicyclic amines) is 1. The molecule has 0 bridgehead atoms. The van der Waals surface area contributed by atoms with Gasteiger partial charge in [-0.05, 0) is 50.5 Å². The zero-order valence-corrected chi connectivity index (χ0v) is 13.3. The van der Waals surface area contributed by atoms with Crippen LogP contribution in [0.2, 0.25) is 0 Å². The minimum Gasteiger partial charge on any atom is -0.316 e. The van der Waals surface area contributed by atoms with E-state index in [0.717, 1.165) is 18.5 Å². The largest absolute Gasteiger partial charge is 0.316 e. The van der Waals surface area contributed by atoms with E-state index in [4.69, 9.17) is 0 Å². The van der Waals surface area contributed by atoms with E-state index in [1.807, 2.05) is 0 Å². The summed E-state index contributed by atoms with van der Waals surface area (Å²) in [6.45, 7) is 16.6. The van der Waals surface area contributed by atoms with Crippen molar-refractivity contribution in [2.45, 2.75) is 66.3 Å². The summed E-state index contributed by atoms with van der Waals surface area (Å²) in [6, 6.07) is 0.778. The fourth-order valence-corrected chi connectivity index (χ4v) is 3.20. The maximum Gasteiger partial charge on any atom is 0.00673 e. The number of hydrogen-bond acceptors (Lipinski definition) is 2. The van der Waals surface area contributed by atoms with Gasteiger partial charge in [-0.3, -0.25) is 4.90 Å². The Morgan fingerprint density at radius 1 is 1.11 bits per heavy atom. The van der Waals surface area contributed by atoms with Crippen LogP contribution in [-0.2, 0) is 0 Å². The average Bonchev–Trinajstić information content (AvgIpc) is 2.39. The van der Waals surface area contributed by atoms with Gasteiger partial charge in [0, 0.05) is 25.7 Å². The van der Waals surface area contributed by atoms with Crippen molar-refractivity contribution in [2.24, 2.45) is 11.3 Å². The molecule has 1 fully saturated rings. The molecular formula is C16H34N2. The lowest BCUT2D eigenvalue weighted by Gasteiger charge is -2.44. The highest BCUT2D eigenvalue weighted by atomic mass is 15.2. The smallest absolute Gasteiger partial charge is 0.00673 e. The molecule has 2 atom stereocenters.